The lowest BCUT2D eigenvalue weighted by atomic mass is 9.53. The number of hydrogen-bond donors (Lipinski definition) is 0. The quantitative estimate of drug-likeness (QED) is 0.0454. The minimum Gasteiger partial charge on any atom is -0.490 e. The molecule has 0 amide bonds. The number of allylic oxidation sites excluding steroid dienone is 4. The topological polar surface area (TPSA) is 87.0 Å². The fourth-order valence-electron chi connectivity index (χ4n) is 12.8. The van der Waals surface area contributed by atoms with E-state index in [0.29, 0.717) is 38.3 Å². The number of epoxide rings is 4. The molecule has 0 aromatic heterocycles. The molecule has 4 unspecified atom stereocenters. The molecule has 4 aliphatic heterocycles. The number of rotatable bonds is 26. The van der Waals surface area contributed by atoms with E-state index in [0.717, 1.165) is 149 Å². The smallest absolute Gasteiger partial charge is 0.122 e. The highest BCUT2D eigenvalue weighted by Crippen LogP contribution is 2.58. The number of ether oxygens (including phenoxy) is 8. The third kappa shape index (κ3) is 12.8. The van der Waals surface area contributed by atoms with Crippen LogP contribution in [-0.2, 0) is 55.5 Å². The lowest BCUT2D eigenvalue weighted by Gasteiger charge is -2.52. The maximum Gasteiger partial charge on any atom is 0.122 e. The van der Waals surface area contributed by atoms with E-state index in [1.165, 1.54) is 44.5 Å². The fourth-order valence-corrected chi connectivity index (χ4v) is 12.8. The average molecular weight is 1020 g/mol. The van der Waals surface area contributed by atoms with E-state index in [-0.39, 0.29) is 40.7 Å². The zero-order valence-corrected chi connectivity index (χ0v) is 46.1. The van der Waals surface area contributed by atoms with Gasteiger partial charge in [-0.05, 0) is 191 Å². The van der Waals surface area contributed by atoms with Crippen molar-refractivity contribution in [2.45, 2.75) is 154 Å². The van der Waals surface area contributed by atoms with Gasteiger partial charge in [0.05, 0.1) is 26.4 Å². The Morgan fingerprint density at radius 3 is 0.853 bits per heavy atom. The van der Waals surface area contributed by atoms with Crippen LogP contribution in [0.15, 0.2) is 121 Å². The van der Waals surface area contributed by atoms with Crippen molar-refractivity contribution in [3.63, 3.8) is 0 Å². The Hall–Kier alpha value is -5.12. The second-order valence-electron chi connectivity index (χ2n) is 24.4. The van der Waals surface area contributed by atoms with Gasteiger partial charge in [0, 0.05) is 10.8 Å². The second-order valence-corrected chi connectivity index (χ2v) is 24.4. The van der Waals surface area contributed by atoms with E-state index in [9.17, 15) is 0 Å². The largest absolute Gasteiger partial charge is 0.490 e. The number of benzene rings is 4. The Kier molecular flexibility index (Phi) is 16.0. The second kappa shape index (κ2) is 22.5. The molecule has 0 bridgehead atoms. The van der Waals surface area contributed by atoms with Crippen molar-refractivity contribution in [1.29, 1.82) is 0 Å². The highest BCUT2D eigenvalue weighted by Gasteiger charge is 2.49. The van der Waals surface area contributed by atoms with E-state index in [2.05, 4.69) is 141 Å². The Morgan fingerprint density at radius 2 is 0.653 bits per heavy atom. The third-order valence-corrected chi connectivity index (χ3v) is 17.5. The molecule has 4 heterocycles. The Balaban J connectivity index is 0.952. The van der Waals surface area contributed by atoms with Crippen molar-refractivity contribution in [2.24, 2.45) is 17.3 Å². The van der Waals surface area contributed by atoms with Gasteiger partial charge in [-0.1, -0.05) is 111 Å². The van der Waals surface area contributed by atoms with Crippen LogP contribution in [0.25, 0.3) is 0 Å². The van der Waals surface area contributed by atoms with Gasteiger partial charge < -0.3 is 37.9 Å². The third-order valence-electron chi connectivity index (χ3n) is 17.5. The Bertz CT molecular complexity index is 2380. The maximum absolute atomic E-state index is 6.44. The van der Waals surface area contributed by atoms with Crippen molar-refractivity contribution in [3.05, 3.63) is 166 Å². The molecule has 6 fully saturated rings. The van der Waals surface area contributed by atoms with E-state index >= 15 is 0 Å². The van der Waals surface area contributed by atoms with Gasteiger partial charge in [0.2, 0.25) is 0 Å². The summed E-state index contributed by atoms with van der Waals surface area (Å²) >= 11 is 0. The van der Waals surface area contributed by atoms with Crippen molar-refractivity contribution in [3.8, 4) is 23.0 Å². The molecule has 4 atom stereocenters. The summed E-state index contributed by atoms with van der Waals surface area (Å²) < 4.78 is 47.9. The zero-order chi connectivity index (χ0) is 52.5. The minimum atomic E-state index is -0.190. The van der Waals surface area contributed by atoms with Gasteiger partial charge in [-0.25, -0.2) is 0 Å². The van der Waals surface area contributed by atoms with Crippen molar-refractivity contribution in [2.75, 3.05) is 52.9 Å². The van der Waals surface area contributed by atoms with Gasteiger partial charge in [-0.2, -0.15) is 0 Å². The van der Waals surface area contributed by atoms with Crippen molar-refractivity contribution >= 4 is 0 Å². The Morgan fingerprint density at radius 1 is 0.427 bits per heavy atom. The molecule has 8 nitrogen and oxygen atoms in total. The summed E-state index contributed by atoms with van der Waals surface area (Å²) in [6, 6.07) is 28.1. The summed E-state index contributed by atoms with van der Waals surface area (Å²) in [5.74, 6) is 4.88. The molecule has 6 aliphatic rings. The molecule has 2 aliphatic carbocycles. The van der Waals surface area contributed by atoms with Crippen LogP contribution in [0.5, 0.6) is 23.0 Å². The Labute approximate surface area is 448 Å². The van der Waals surface area contributed by atoms with Gasteiger partial charge in [0.1, 0.15) is 73.8 Å². The summed E-state index contributed by atoms with van der Waals surface area (Å²) in [5, 5.41) is 0. The predicted octanol–water partition coefficient (Wildman–Crippen LogP) is 14.0. The summed E-state index contributed by atoms with van der Waals surface area (Å²) in [7, 11) is 0. The van der Waals surface area contributed by atoms with Gasteiger partial charge in [-0.15, -0.1) is 0 Å². The highest BCUT2D eigenvalue weighted by molar-refractivity contribution is 5.52. The van der Waals surface area contributed by atoms with Gasteiger partial charge in [0.15, 0.2) is 0 Å². The van der Waals surface area contributed by atoms with E-state index < -0.39 is 0 Å². The summed E-state index contributed by atoms with van der Waals surface area (Å²) in [6.07, 6.45) is 12.6. The highest BCUT2D eigenvalue weighted by atomic mass is 16.6. The lowest BCUT2D eigenvalue weighted by Crippen LogP contribution is -2.43. The normalized spacial score (nSPS) is 26.7. The molecule has 0 spiro atoms. The van der Waals surface area contributed by atoms with Crippen molar-refractivity contribution in [1.82, 2.24) is 0 Å². The molecule has 400 valence electrons. The number of hydrogen-bond acceptors (Lipinski definition) is 8. The molecule has 0 radical (unpaired) electrons. The molecular weight excluding hydrogens is 933 g/mol. The molecule has 75 heavy (non-hydrogen) atoms. The first-order valence-electron chi connectivity index (χ1n) is 28.2. The SMILES string of the molecule is C=C(C)Cc1cc(C2(c3ccc(OCC4CO4)c(CC(=C)C)c3)CCC(C(C)(C)C3CCC(c4ccc(OCC5CO5)c(CC(=C)C)c4)(c4ccc(OCC5CO5)c(CC(=C)C)c4)CC3)CC2)ccc1OCC1CO1. The van der Waals surface area contributed by atoms with E-state index in [1.54, 1.807) is 0 Å². The van der Waals surface area contributed by atoms with Crippen LogP contribution in [0.4, 0.5) is 0 Å². The molecule has 10 rings (SSSR count). The summed E-state index contributed by atoms with van der Waals surface area (Å²) in [4.78, 5) is 0. The van der Waals surface area contributed by atoms with E-state index in [1.807, 2.05) is 0 Å². The summed E-state index contributed by atoms with van der Waals surface area (Å²) in [5.41, 5.74) is 14.5. The molecule has 4 aromatic rings. The van der Waals surface area contributed by atoms with Gasteiger partial charge in [-0.3, -0.25) is 0 Å². The molecule has 0 N–H and O–H groups in total. The van der Waals surface area contributed by atoms with Crippen LogP contribution in [0.2, 0.25) is 0 Å². The minimum absolute atomic E-state index is 0.126. The van der Waals surface area contributed by atoms with Crippen molar-refractivity contribution < 1.29 is 37.9 Å². The van der Waals surface area contributed by atoms with Crippen LogP contribution in [0.1, 0.15) is 137 Å². The summed E-state index contributed by atoms with van der Waals surface area (Å²) in [6.45, 7) is 36.5. The van der Waals surface area contributed by atoms with Gasteiger partial charge in [0.25, 0.3) is 0 Å². The monoisotopic (exact) mass is 1020 g/mol. The van der Waals surface area contributed by atoms with Crippen LogP contribution in [0, 0.1) is 17.3 Å². The van der Waals surface area contributed by atoms with Crippen LogP contribution in [0.3, 0.4) is 0 Å². The lowest BCUT2D eigenvalue weighted by molar-refractivity contribution is 0.0364. The molecule has 4 aromatic carbocycles. The maximum atomic E-state index is 6.44. The average Bonchev–Trinajstić information content (AvgIpc) is 4.16. The predicted molar refractivity (Wildman–Crippen MR) is 300 cm³/mol. The first kappa shape index (κ1) is 53.3. The van der Waals surface area contributed by atoms with Crippen LogP contribution < -0.4 is 18.9 Å². The molecular formula is C67H84O8. The molecule has 4 saturated heterocycles. The first-order valence-corrected chi connectivity index (χ1v) is 28.2. The van der Waals surface area contributed by atoms with Crippen LogP contribution >= 0.6 is 0 Å². The molecule has 8 heteroatoms. The van der Waals surface area contributed by atoms with Crippen LogP contribution in [-0.4, -0.2) is 77.3 Å². The fraction of sp³-hybridized carbons (Fsp3) is 0.522. The van der Waals surface area contributed by atoms with Gasteiger partial charge >= 0.3 is 0 Å². The standard InChI is InChI=1S/C67H84O8/c1-43(2)27-47-31-53(11-15-61(47)72-39-57-35-68-57)66(54-12-16-62(73-40-58-36-69-58)48(32-54)28-44(3)4)23-19-51(20-24-66)65(9,10)52-21-25-67(26-22-52,55-13-17-63(74-41-59-37-70-59)49(33-55)29-45(5)6)56-14-18-64(75-42-60-38-71-60)50(34-56)30-46(7)8/h11-18,31-34,51-52,57-60H,1,3,5,7,19-30,35-42H2,2,4,6,8-10H3. The molecule has 2 saturated carbocycles. The zero-order valence-electron chi connectivity index (χ0n) is 46.1. The van der Waals surface area contributed by atoms with E-state index in [4.69, 9.17) is 37.9 Å². The first-order chi connectivity index (χ1) is 36.1.